The molecule has 0 bridgehead atoms. The fraction of sp³-hybridized carbons (Fsp3) is 0.500. The molecule has 1 aliphatic rings. The molecule has 2 rings (SSSR count). The second-order valence-corrected chi connectivity index (χ2v) is 5.34. The van der Waals surface area contributed by atoms with Gasteiger partial charge in [-0.2, -0.15) is 0 Å². The number of carbonyl (C=O) groups excluding carboxylic acids is 1. The molecule has 1 fully saturated rings. The lowest BCUT2D eigenvalue weighted by Crippen LogP contribution is -2.33. The third kappa shape index (κ3) is 3.39. The molecular formula is C14H21FN4O. The van der Waals surface area contributed by atoms with Crippen LogP contribution in [-0.2, 0) is 0 Å². The Bertz CT molecular complexity index is 500. The van der Waals surface area contributed by atoms with Crippen LogP contribution in [0.15, 0.2) is 12.1 Å². The highest BCUT2D eigenvalue weighted by Gasteiger charge is 2.17. The standard InChI is InChI=1S/C14H21FN4O/c1-9(8-19-4-2-3-5-19)18-13-6-10(14(17)20)12(16)7-11(13)15/h6-7,9,18H,2-5,8,16H2,1H3,(H2,17,20). The number of anilines is 2. The number of primary amides is 1. The third-order valence-corrected chi connectivity index (χ3v) is 3.54. The molecule has 0 spiro atoms. The van der Waals surface area contributed by atoms with Gasteiger partial charge in [-0.3, -0.25) is 4.79 Å². The van der Waals surface area contributed by atoms with E-state index in [1.165, 1.54) is 18.9 Å². The van der Waals surface area contributed by atoms with Crippen LogP contribution in [0.4, 0.5) is 15.8 Å². The summed E-state index contributed by atoms with van der Waals surface area (Å²) in [7, 11) is 0. The molecule has 0 radical (unpaired) electrons. The van der Waals surface area contributed by atoms with Crippen molar-refractivity contribution in [3.8, 4) is 0 Å². The van der Waals surface area contributed by atoms with Crippen LogP contribution in [-0.4, -0.2) is 36.5 Å². The van der Waals surface area contributed by atoms with Crippen molar-refractivity contribution < 1.29 is 9.18 Å². The van der Waals surface area contributed by atoms with Crippen molar-refractivity contribution in [1.29, 1.82) is 0 Å². The quantitative estimate of drug-likeness (QED) is 0.712. The van der Waals surface area contributed by atoms with E-state index < -0.39 is 11.7 Å². The van der Waals surface area contributed by atoms with E-state index in [-0.39, 0.29) is 23.0 Å². The van der Waals surface area contributed by atoms with Gasteiger partial charge in [0.25, 0.3) is 5.91 Å². The molecule has 1 aliphatic heterocycles. The first kappa shape index (κ1) is 14.6. The number of halogens is 1. The zero-order valence-electron chi connectivity index (χ0n) is 11.7. The number of nitrogen functional groups attached to an aromatic ring is 1. The second kappa shape index (κ2) is 6.09. The molecule has 5 N–H and O–H groups in total. The molecule has 0 aliphatic carbocycles. The van der Waals surface area contributed by atoms with Crippen molar-refractivity contribution >= 4 is 17.3 Å². The maximum absolute atomic E-state index is 13.9. The predicted molar refractivity (Wildman–Crippen MR) is 78.1 cm³/mol. The Morgan fingerprint density at radius 1 is 1.45 bits per heavy atom. The number of nitrogens with two attached hydrogens (primary N) is 2. The van der Waals surface area contributed by atoms with Gasteiger partial charge in [0.05, 0.1) is 11.3 Å². The van der Waals surface area contributed by atoms with E-state index in [0.29, 0.717) is 0 Å². The van der Waals surface area contributed by atoms with Gasteiger partial charge in [0.15, 0.2) is 0 Å². The van der Waals surface area contributed by atoms with Gasteiger partial charge in [-0.25, -0.2) is 4.39 Å². The van der Waals surface area contributed by atoms with Crippen molar-refractivity contribution in [2.45, 2.75) is 25.8 Å². The Morgan fingerprint density at radius 2 is 2.10 bits per heavy atom. The Kier molecular flexibility index (Phi) is 4.44. The van der Waals surface area contributed by atoms with Gasteiger partial charge in [0.1, 0.15) is 5.82 Å². The number of carbonyl (C=O) groups is 1. The molecule has 0 aromatic heterocycles. The van der Waals surface area contributed by atoms with E-state index in [1.54, 1.807) is 0 Å². The first-order chi connectivity index (χ1) is 9.47. The molecule has 1 amide bonds. The number of hydrogen-bond acceptors (Lipinski definition) is 4. The number of rotatable bonds is 5. The Hall–Kier alpha value is -1.82. The van der Waals surface area contributed by atoms with E-state index in [4.69, 9.17) is 11.5 Å². The van der Waals surface area contributed by atoms with E-state index in [2.05, 4.69) is 10.2 Å². The molecule has 5 nitrogen and oxygen atoms in total. The summed E-state index contributed by atoms with van der Waals surface area (Å²) in [5, 5.41) is 3.08. The summed E-state index contributed by atoms with van der Waals surface area (Å²) in [5.74, 6) is -1.13. The van der Waals surface area contributed by atoms with E-state index in [1.807, 2.05) is 6.92 Å². The molecule has 1 aromatic carbocycles. The summed E-state index contributed by atoms with van der Waals surface area (Å²) in [5.41, 5.74) is 11.3. The minimum Gasteiger partial charge on any atom is -0.398 e. The lowest BCUT2D eigenvalue weighted by atomic mass is 10.1. The molecule has 6 heteroatoms. The van der Waals surface area contributed by atoms with Crippen LogP contribution in [0, 0.1) is 5.82 Å². The fourth-order valence-corrected chi connectivity index (χ4v) is 2.58. The van der Waals surface area contributed by atoms with Gasteiger partial charge >= 0.3 is 0 Å². The normalized spacial score (nSPS) is 17.1. The summed E-state index contributed by atoms with van der Waals surface area (Å²) in [4.78, 5) is 13.6. The van der Waals surface area contributed by atoms with Gasteiger partial charge in [-0.15, -0.1) is 0 Å². The molecule has 110 valence electrons. The average Bonchev–Trinajstić information content (AvgIpc) is 2.84. The lowest BCUT2D eigenvalue weighted by Gasteiger charge is -2.22. The predicted octanol–water partition coefficient (Wildman–Crippen LogP) is 1.40. The average molecular weight is 280 g/mol. The lowest BCUT2D eigenvalue weighted by molar-refractivity contribution is 0.100. The number of amides is 1. The second-order valence-electron chi connectivity index (χ2n) is 5.34. The Balaban J connectivity index is 2.07. The number of hydrogen-bond donors (Lipinski definition) is 3. The number of nitrogens with zero attached hydrogens (tertiary/aromatic N) is 1. The zero-order chi connectivity index (χ0) is 14.7. The first-order valence-corrected chi connectivity index (χ1v) is 6.85. The van der Waals surface area contributed by atoms with Crippen molar-refractivity contribution in [1.82, 2.24) is 4.90 Å². The van der Waals surface area contributed by atoms with Crippen LogP contribution in [0.25, 0.3) is 0 Å². The summed E-state index contributed by atoms with van der Waals surface area (Å²) >= 11 is 0. The topological polar surface area (TPSA) is 84.4 Å². The molecule has 1 heterocycles. The van der Waals surface area contributed by atoms with Crippen LogP contribution in [0.1, 0.15) is 30.1 Å². The van der Waals surface area contributed by atoms with Crippen molar-refractivity contribution in [3.05, 3.63) is 23.5 Å². The van der Waals surface area contributed by atoms with Gasteiger partial charge in [0.2, 0.25) is 0 Å². The molecule has 1 aromatic rings. The summed E-state index contributed by atoms with van der Waals surface area (Å²) in [6.07, 6.45) is 2.43. The van der Waals surface area contributed by atoms with Gasteiger partial charge < -0.3 is 21.7 Å². The van der Waals surface area contributed by atoms with Gasteiger partial charge in [-0.1, -0.05) is 0 Å². The van der Waals surface area contributed by atoms with E-state index in [9.17, 15) is 9.18 Å². The third-order valence-electron chi connectivity index (χ3n) is 3.54. The van der Waals surface area contributed by atoms with E-state index >= 15 is 0 Å². The van der Waals surface area contributed by atoms with Crippen LogP contribution >= 0.6 is 0 Å². The number of benzene rings is 1. The molecule has 1 saturated heterocycles. The zero-order valence-corrected chi connectivity index (χ0v) is 11.7. The summed E-state index contributed by atoms with van der Waals surface area (Å²) in [6.45, 7) is 5.00. The minimum atomic E-state index is -0.655. The van der Waals surface area contributed by atoms with Gasteiger partial charge in [-0.05, 0) is 45.0 Å². The van der Waals surface area contributed by atoms with Crippen LogP contribution in [0.3, 0.4) is 0 Å². The largest absolute Gasteiger partial charge is 0.398 e. The first-order valence-electron chi connectivity index (χ1n) is 6.85. The van der Waals surface area contributed by atoms with Gasteiger partial charge in [0, 0.05) is 18.3 Å². The van der Waals surface area contributed by atoms with Crippen LogP contribution < -0.4 is 16.8 Å². The molecule has 0 saturated carbocycles. The summed E-state index contributed by atoms with van der Waals surface area (Å²) < 4.78 is 13.9. The van der Waals surface area contributed by atoms with Crippen molar-refractivity contribution in [3.63, 3.8) is 0 Å². The summed E-state index contributed by atoms with van der Waals surface area (Å²) in [6, 6.07) is 2.59. The molecular weight excluding hydrogens is 259 g/mol. The highest BCUT2D eigenvalue weighted by molar-refractivity contribution is 5.99. The maximum Gasteiger partial charge on any atom is 0.250 e. The van der Waals surface area contributed by atoms with Crippen LogP contribution in [0.2, 0.25) is 0 Å². The monoisotopic (exact) mass is 280 g/mol. The SMILES string of the molecule is CC(CN1CCCC1)Nc1cc(C(N)=O)c(N)cc1F. The molecule has 20 heavy (non-hydrogen) atoms. The Morgan fingerprint density at radius 3 is 2.70 bits per heavy atom. The van der Waals surface area contributed by atoms with Crippen molar-refractivity contribution in [2.75, 3.05) is 30.7 Å². The minimum absolute atomic E-state index is 0.0627. The highest BCUT2D eigenvalue weighted by atomic mass is 19.1. The fourth-order valence-electron chi connectivity index (χ4n) is 2.58. The van der Waals surface area contributed by atoms with Crippen LogP contribution in [0.5, 0.6) is 0 Å². The molecule has 1 unspecified atom stereocenters. The van der Waals surface area contributed by atoms with Crippen molar-refractivity contribution in [2.24, 2.45) is 5.73 Å². The van der Waals surface area contributed by atoms with E-state index in [0.717, 1.165) is 25.7 Å². The molecule has 1 atom stereocenters. The number of nitrogens with one attached hydrogen (secondary N) is 1. The number of likely N-dealkylation sites (tertiary alicyclic amines) is 1. The maximum atomic E-state index is 13.9. The smallest absolute Gasteiger partial charge is 0.250 e. The Labute approximate surface area is 118 Å². The highest BCUT2D eigenvalue weighted by Crippen LogP contribution is 2.23.